The molecule has 0 saturated heterocycles. The Morgan fingerprint density at radius 2 is 1.29 bits per heavy atom. The molecule has 52 heavy (non-hydrogen) atoms. The summed E-state index contributed by atoms with van der Waals surface area (Å²) in [4.78, 5) is 35.1. The number of carbonyl (C=O) groups excluding carboxylic acids is 2. The number of fused-ring (bicyclic) bond motifs is 2. The molecule has 268 valence electrons. The molecule has 0 fully saturated rings. The van der Waals surface area contributed by atoms with Crippen LogP contribution < -0.4 is 26.1 Å². The van der Waals surface area contributed by atoms with E-state index in [4.69, 9.17) is 40.6 Å². The van der Waals surface area contributed by atoms with E-state index in [9.17, 15) is 19.6 Å². The van der Waals surface area contributed by atoms with Gasteiger partial charge in [0.25, 0.3) is 0 Å². The third-order valence-electron chi connectivity index (χ3n) is 8.19. The summed E-state index contributed by atoms with van der Waals surface area (Å²) in [5, 5.41) is 20.4. The second kappa shape index (κ2) is 17.3. The van der Waals surface area contributed by atoms with Gasteiger partial charge in [0.1, 0.15) is 11.5 Å². The number of nitrogens with two attached hydrogens (primary N) is 1. The van der Waals surface area contributed by atoms with E-state index in [1.54, 1.807) is 56.4 Å². The standard InChI is InChI=1S/C18H17BN2O5.C18H21BN2O5/c1-4-24-17(22)9-15-18-11(2)7-13(8-14(18)19(23)26-15)25-16-6-5-12(20-3)10-21-16;1-3-24-17(22)8-15-18-11(2)6-13(7-14(18)19(23)26-15)25-16-5-4-12(9-20)10-21-16/h5-8,10,15,23H,4,9H2,1-2H3;4-7,10,15,23H,3,8-9,20H2,1-2H3. The van der Waals surface area contributed by atoms with E-state index in [-0.39, 0.29) is 24.8 Å². The Labute approximate surface area is 301 Å². The molecule has 14 nitrogen and oxygen atoms in total. The number of pyridine rings is 2. The lowest BCUT2D eigenvalue weighted by atomic mass is 9.77. The SMILES string of the molecule is CCOC(=O)CC1OB(O)c2cc(Oc3ccc(CN)cn3)cc(C)c21.[C-]#[N+]c1ccc(Oc2cc(C)c3c(c2)B(O)OC3CC(=O)OCC)nc1. The molecule has 6 rings (SSSR count). The molecular formula is C36H38B2N4O10. The molecule has 2 aliphatic rings. The van der Waals surface area contributed by atoms with Crippen LogP contribution in [0.2, 0.25) is 0 Å². The van der Waals surface area contributed by atoms with E-state index in [0.717, 1.165) is 27.8 Å². The molecule has 2 aromatic heterocycles. The van der Waals surface area contributed by atoms with Gasteiger partial charge in [-0.15, -0.1) is 0 Å². The molecule has 2 unspecified atom stereocenters. The number of benzene rings is 2. The van der Waals surface area contributed by atoms with Crippen molar-refractivity contribution in [2.75, 3.05) is 13.2 Å². The predicted molar refractivity (Wildman–Crippen MR) is 190 cm³/mol. The van der Waals surface area contributed by atoms with Crippen molar-refractivity contribution in [3.63, 3.8) is 0 Å². The van der Waals surface area contributed by atoms with Crippen LogP contribution in [-0.2, 0) is 34.9 Å². The van der Waals surface area contributed by atoms with E-state index < -0.39 is 26.4 Å². The summed E-state index contributed by atoms with van der Waals surface area (Å²) in [5.41, 5.74) is 11.3. The fraction of sp³-hybridized carbons (Fsp3) is 0.306. The quantitative estimate of drug-likeness (QED) is 0.116. The van der Waals surface area contributed by atoms with Gasteiger partial charge in [0.15, 0.2) is 0 Å². The summed E-state index contributed by atoms with van der Waals surface area (Å²) in [6.07, 6.45) is 2.09. The monoisotopic (exact) mass is 708 g/mol. The maximum atomic E-state index is 11.8. The van der Waals surface area contributed by atoms with E-state index >= 15 is 0 Å². The van der Waals surface area contributed by atoms with Crippen LogP contribution in [0.5, 0.6) is 23.3 Å². The van der Waals surface area contributed by atoms with Gasteiger partial charge in [-0.3, -0.25) is 9.59 Å². The zero-order valence-corrected chi connectivity index (χ0v) is 29.2. The summed E-state index contributed by atoms with van der Waals surface area (Å²) in [5.74, 6) is 1.06. The van der Waals surface area contributed by atoms with Crippen molar-refractivity contribution in [2.45, 2.75) is 59.3 Å². The van der Waals surface area contributed by atoms with E-state index in [1.807, 2.05) is 26.0 Å². The fourth-order valence-electron chi connectivity index (χ4n) is 5.96. The van der Waals surface area contributed by atoms with Gasteiger partial charge in [-0.1, -0.05) is 6.07 Å². The van der Waals surface area contributed by atoms with Crippen LogP contribution in [-0.4, -0.2) is 59.4 Å². The zero-order valence-electron chi connectivity index (χ0n) is 29.2. The largest absolute Gasteiger partial charge is 0.492 e. The Kier molecular flexibility index (Phi) is 12.6. The summed E-state index contributed by atoms with van der Waals surface area (Å²) >= 11 is 0. The third kappa shape index (κ3) is 9.13. The van der Waals surface area contributed by atoms with Gasteiger partial charge in [-0.05, 0) is 103 Å². The summed E-state index contributed by atoms with van der Waals surface area (Å²) in [6, 6.07) is 13.8. The third-order valence-corrected chi connectivity index (χ3v) is 8.19. The number of hydrogen-bond acceptors (Lipinski definition) is 13. The van der Waals surface area contributed by atoms with Crippen molar-refractivity contribution in [3.05, 3.63) is 100 Å². The van der Waals surface area contributed by atoms with Crippen molar-refractivity contribution in [3.8, 4) is 23.3 Å². The minimum absolute atomic E-state index is 0.0403. The number of nitrogens with zero attached hydrogens (tertiary/aromatic N) is 3. The topological polar surface area (TPSA) is 186 Å². The highest BCUT2D eigenvalue weighted by Crippen LogP contribution is 2.34. The van der Waals surface area contributed by atoms with Crippen molar-refractivity contribution < 1.29 is 47.9 Å². The van der Waals surface area contributed by atoms with E-state index in [2.05, 4.69) is 14.8 Å². The number of ether oxygens (including phenoxy) is 4. The Balaban J connectivity index is 0.000000201. The van der Waals surface area contributed by atoms with Gasteiger partial charge in [0.05, 0.1) is 44.8 Å². The molecule has 2 aromatic carbocycles. The van der Waals surface area contributed by atoms with Crippen LogP contribution in [0.3, 0.4) is 0 Å². The number of carbonyl (C=O) groups is 2. The van der Waals surface area contributed by atoms with Gasteiger partial charge in [0, 0.05) is 25.0 Å². The van der Waals surface area contributed by atoms with Crippen LogP contribution in [0.4, 0.5) is 5.69 Å². The smallest absolute Gasteiger partial charge is 0.466 e. The lowest BCUT2D eigenvalue weighted by Crippen LogP contribution is -2.28. The summed E-state index contributed by atoms with van der Waals surface area (Å²) in [6.45, 7) is 15.2. The van der Waals surface area contributed by atoms with Gasteiger partial charge >= 0.3 is 26.2 Å². The van der Waals surface area contributed by atoms with Crippen LogP contribution in [0.1, 0.15) is 66.7 Å². The second-order valence-corrected chi connectivity index (χ2v) is 11.8. The molecule has 0 radical (unpaired) electrons. The first-order chi connectivity index (χ1) is 25.0. The van der Waals surface area contributed by atoms with E-state index in [0.29, 0.717) is 59.6 Å². The lowest BCUT2D eigenvalue weighted by molar-refractivity contribution is -0.146. The Bertz CT molecular complexity index is 1940. The average molecular weight is 708 g/mol. The van der Waals surface area contributed by atoms with Crippen molar-refractivity contribution >= 4 is 42.8 Å². The maximum Gasteiger partial charge on any atom is 0.492 e. The zero-order chi connectivity index (χ0) is 37.4. The molecule has 0 spiro atoms. The first kappa shape index (κ1) is 37.9. The van der Waals surface area contributed by atoms with Crippen LogP contribution >= 0.6 is 0 Å². The Morgan fingerprint density at radius 1 is 0.808 bits per heavy atom. The molecule has 4 aromatic rings. The molecule has 16 heteroatoms. The molecule has 4 heterocycles. The highest BCUT2D eigenvalue weighted by Gasteiger charge is 2.39. The lowest BCUT2D eigenvalue weighted by Gasteiger charge is -2.14. The molecule has 0 saturated carbocycles. The van der Waals surface area contributed by atoms with E-state index in [1.165, 1.54) is 6.20 Å². The van der Waals surface area contributed by atoms with Crippen LogP contribution in [0, 0.1) is 20.4 Å². The molecule has 0 bridgehead atoms. The Morgan fingerprint density at radius 3 is 1.67 bits per heavy atom. The predicted octanol–water partition coefficient (Wildman–Crippen LogP) is 3.80. The second-order valence-electron chi connectivity index (χ2n) is 11.8. The summed E-state index contributed by atoms with van der Waals surface area (Å²) < 4.78 is 32.5. The normalized spacial score (nSPS) is 15.5. The first-order valence-electron chi connectivity index (χ1n) is 16.6. The van der Waals surface area contributed by atoms with Crippen molar-refractivity contribution in [2.24, 2.45) is 5.73 Å². The number of aryl methyl sites for hydroxylation is 2. The minimum atomic E-state index is -1.14. The first-order valence-corrected chi connectivity index (χ1v) is 16.6. The Hall–Kier alpha value is -5.30. The minimum Gasteiger partial charge on any atom is -0.466 e. The van der Waals surface area contributed by atoms with Gasteiger partial charge in [-0.25, -0.2) is 14.8 Å². The maximum absolute atomic E-state index is 11.8. The molecule has 0 amide bonds. The van der Waals surface area contributed by atoms with Crippen molar-refractivity contribution in [1.29, 1.82) is 0 Å². The van der Waals surface area contributed by atoms with Crippen LogP contribution in [0.15, 0.2) is 60.9 Å². The van der Waals surface area contributed by atoms with Gasteiger partial charge < -0.3 is 44.0 Å². The van der Waals surface area contributed by atoms with Crippen molar-refractivity contribution in [1.82, 2.24) is 9.97 Å². The highest BCUT2D eigenvalue weighted by atomic mass is 16.6. The molecular weight excluding hydrogens is 670 g/mol. The average Bonchev–Trinajstić information content (AvgIpc) is 3.60. The highest BCUT2D eigenvalue weighted by molar-refractivity contribution is 6.62. The molecule has 2 aliphatic heterocycles. The molecule has 4 N–H and O–H groups in total. The number of hydrogen-bond donors (Lipinski definition) is 3. The number of rotatable bonds is 11. The van der Waals surface area contributed by atoms with Gasteiger partial charge in [0.2, 0.25) is 17.4 Å². The summed E-state index contributed by atoms with van der Waals surface area (Å²) in [7, 11) is -2.25. The number of aromatic nitrogens is 2. The number of esters is 2. The molecule has 2 atom stereocenters. The van der Waals surface area contributed by atoms with Gasteiger partial charge in [-0.2, -0.15) is 0 Å². The fourth-order valence-corrected chi connectivity index (χ4v) is 5.96. The van der Waals surface area contributed by atoms with Crippen LogP contribution in [0.25, 0.3) is 4.85 Å². The molecule has 0 aliphatic carbocycles.